The molecule has 2 N–H and O–H groups in total. The third-order valence-corrected chi connectivity index (χ3v) is 4.55. The maximum absolute atomic E-state index is 12.1. The molecule has 1 unspecified atom stereocenters. The molecule has 4 heteroatoms. The normalized spacial score (nSPS) is 19.5. The van der Waals surface area contributed by atoms with E-state index in [1.807, 2.05) is 13.0 Å². The largest absolute Gasteiger partial charge is 0.395 e. The molecule has 1 saturated carbocycles. The highest BCUT2D eigenvalue weighted by atomic mass is 32.1. The van der Waals surface area contributed by atoms with Gasteiger partial charge in [-0.2, -0.15) is 0 Å². The fourth-order valence-corrected chi connectivity index (χ4v) is 2.81. The van der Waals surface area contributed by atoms with Crippen LogP contribution in [0.25, 0.3) is 0 Å². The molecule has 1 aromatic heterocycles. The van der Waals surface area contributed by atoms with Gasteiger partial charge in [0.05, 0.1) is 16.4 Å². The van der Waals surface area contributed by atoms with Crippen LogP contribution in [-0.4, -0.2) is 23.7 Å². The molecule has 1 heterocycles. The fourth-order valence-electron chi connectivity index (χ4n) is 1.86. The maximum Gasteiger partial charge on any atom is 0.261 e. The number of amides is 1. The second-order valence-corrected chi connectivity index (χ2v) is 6.67. The van der Waals surface area contributed by atoms with Crippen LogP contribution in [0.4, 0.5) is 0 Å². The molecular weight excluding hydrogens is 258 g/mol. The summed E-state index contributed by atoms with van der Waals surface area (Å²) < 4.78 is 0. The lowest BCUT2D eigenvalue weighted by Gasteiger charge is -2.04. The van der Waals surface area contributed by atoms with Gasteiger partial charge in [-0.05, 0) is 30.4 Å². The Labute approximate surface area is 118 Å². The summed E-state index contributed by atoms with van der Waals surface area (Å²) in [5.41, 5.74) is 1.27. The van der Waals surface area contributed by atoms with Crippen molar-refractivity contribution in [3.8, 4) is 11.8 Å². The number of nitrogens with one attached hydrogen (secondary N) is 1. The van der Waals surface area contributed by atoms with E-state index in [0.717, 1.165) is 16.9 Å². The first-order valence-electron chi connectivity index (χ1n) is 6.45. The van der Waals surface area contributed by atoms with Crippen LogP contribution >= 0.6 is 11.3 Å². The van der Waals surface area contributed by atoms with E-state index in [2.05, 4.69) is 31.0 Å². The van der Waals surface area contributed by atoms with Gasteiger partial charge in [-0.15, -0.1) is 11.3 Å². The van der Waals surface area contributed by atoms with Crippen molar-refractivity contribution in [3.63, 3.8) is 0 Å². The number of carbonyl (C=O) groups excluding carboxylic acids is 1. The van der Waals surface area contributed by atoms with Crippen LogP contribution in [0.1, 0.15) is 46.8 Å². The average molecular weight is 277 g/mol. The van der Waals surface area contributed by atoms with Gasteiger partial charge >= 0.3 is 0 Å². The Morgan fingerprint density at radius 1 is 1.63 bits per heavy atom. The lowest BCUT2D eigenvalue weighted by molar-refractivity contribution is 0.0950. The van der Waals surface area contributed by atoms with Gasteiger partial charge in [0, 0.05) is 12.5 Å². The molecule has 3 nitrogen and oxygen atoms in total. The SMILES string of the molecule is Cc1cc(C(=O)NC2CC2(C)C)sc1C#CCCO. The van der Waals surface area contributed by atoms with Crippen molar-refractivity contribution in [3.05, 3.63) is 21.4 Å². The fraction of sp³-hybridized carbons (Fsp3) is 0.533. The quantitative estimate of drug-likeness (QED) is 0.833. The van der Waals surface area contributed by atoms with E-state index in [9.17, 15) is 4.79 Å². The zero-order valence-corrected chi connectivity index (χ0v) is 12.4. The highest BCUT2D eigenvalue weighted by Crippen LogP contribution is 2.44. The first-order valence-corrected chi connectivity index (χ1v) is 7.27. The van der Waals surface area contributed by atoms with Crippen molar-refractivity contribution >= 4 is 17.2 Å². The molecule has 1 aliphatic rings. The first kappa shape index (κ1) is 14.1. The van der Waals surface area contributed by atoms with Crippen LogP contribution in [0, 0.1) is 24.2 Å². The lowest BCUT2D eigenvalue weighted by Crippen LogP contribution is -2.27. The van der Waals surface area contributed by atoms with Gasteiger partial charge < -0.3 is 10.4 Å². The Morgan fingerprint density at radius 3 is 2.89 bits per heavy atom. The summed E-state index contributed by atoms with van der Waals surface area (Å²) in [5.74, 6) is 5.89. The molecule has 19 heavy (non-hydrogen) atoms. The summed E-state index contributed by atoms with van der Waals surface area (Å²) in [5, 5.41) is 11.8. The Morgan fingerprint density at radius 2 is 2.32 bits per heavy atom. The molecule has 0 radical (unpaired) electrons. The third kappa shape index (κ3) is 3.37. The number of aliphatic hydroxyl groups is 1. The summed E-state index contributed by atoms with van der Waals surface area (Å²) in [6, 6.07) is 2.18. The smallest absolute Gasteiger partial charge is 0.261 e. The van der Waals surface area contributed by atoms with E-state index in [1.54, 1.807) is 0 Å². The predicted molar refractivity (Wildman–Crippen MR) is 77.3 cm³/mol. The molecule has 0 aliphatic heterocycles. The topological polar surface area (TPSA) is 49.3 Å². The van der Waals surface area contributed by atoms with E-state index in [4.69, 9.17) is 5.11 Å². The molecule has 0 bridgehead atoms. The molecule has 1 aliphatic carbocycles. The van der Waals surface area contributed by atoms with Crippen molar-refractivity contribution in [2.75, 3.05) is 6.61 Å². The van der Waals surface area contributed by atoms with E-state index < -0.39 is 0 Å². The van der Waals surface area contributed by atoms with E-state index in [1.165, 1.54) is 11.3 Å². The number of carbonyl (C=O) groups is 1. The molecule has 1 fully saturated rings. The van der Waals surface area contributed by atoms with Crippen LogP contribution in [-0.2, 0) is 0 Å². The zero-order valence-electron chi connectivity index (χ0n) is 11.5. The van der Waals surface area contributed by atoms with Gasteiger partial charge in [0.1, 0.15) is 0 Å². The van der Waals surface area contributed by atoms with Gasteiger partial charge in [-0.3, -0.25) is 4.79 Å². The van der Waals surface area contributed by atoms with Crippen LogP contribution in [0.15, 0.2) is 6.07 Å². The van der Waals surface area contributed by atoms with Crippen molar-refractivity contribution in [2.24, 2.45) is 5.41 Å². The Kier molecular flexibility index (Phi) is 3.98. The number of thiophene rings is 1. The predicted octanol–water partition coefficient (Wildman–Crippen LogP) is 2.32. The van der Waals surface area contributed by atoms with Crippen molar-refractivity contribution < 1.29 is 9.90 Å². The second kappa shape index (κ2) is 5.36. The Hall–Kier alpha value is -1.31. The standard InChI is InChI=1S/C15H19NO2S/c1-10-8-12(19-11(10)6-4-5-7-17)14(18)16-13-9-15(13,2)3/h8,13,17H,5,7,9H2,1-3H3,(H,16,18). The Balaban J connectivity index is 2.04. The van der Waals surface area contributed by atoms with Crippen LogP contribution in [0.5, 0.6) is 0 Å². The van der Waals surface area contributed by atoms with Gasteiger partial charge in [0.25, 0.3) is 5.91 Å². The molecule has 2 rings (SSSR count). The number of aliphatic hydroxyl groups excluding tert-OH is 1. The third-order valence-electron chi connectivity index (χ3n) is 3.40. The minimum Gasteiger partial charge on any atom is -0.395 e. The highest BCUT2D eigenvalue weighted by molar-refractivity contribution is 7.14. The molecule has 1 aromatic rings. The van der Waals surface area contributed by atoms with Crippen LogP contribution in [0.3, 0.4) is 0 Å². The van der Waals surface area contributed by atoms with Gasteiger partial charge in [-0.25, -0.2) is 0 Å². The van der Waals surface area contributed by atoms with Crippen LogP contribution in [0.2, 0.25) is 0 Å². The van der Waals surface area contributed by atoms with Gasteiger partial charge in [-0.1, -0.05) is 25.7 Å². The summed E-state index contributed by atoms with van der Waals surface area (Å²) in [7, 11) is 0. The number of rotatable bonds is 3. The summed E-state index contributed by atoms with van der Waals surface area (Å²) in [4.78, 5) is 13.7. The minimum atomic E-state index is -0.00103. The average Bonchev–Trinajstić information content (AvgIpc) is 2.76. The molecule has 0 spiro atoms. The van der Waals surface area contributed by atoms with Crippen molar-refractivity contribution in [2.45, 2.75) is 39.7 Å². The highest BCUT2D eigenvalue weighted by Gasteiger charge is 2.46. The summed E-state index contributed by atoms with van der Waals surface area (Å²) in [6.45, 7) is 6.34. The maximum atomic E-state index is 12.1. The summed E-state index contributed by atoms with van der Waals surface area (Å²) >= 11 is 1.42. The van der Waals surface area contributed by atoms with Crippen LogP contribution < -0.4 is 5.32 Å². The second-order valence-electron chi connectivity index (χ2n) is 5.62. The molecule has 1 amide bonds. The van der Waals surface area contributed by atoms with Crippen molar-refractivity contribution in [1.82, 2.24) is 5.32 Å². The summed E-state index contributed by atoms with van der Waals surface area (Å²) in [6.07, 6.45) is 1.52. The molecule has 0 aromatic carbocycles. The lowest BCUT2D eigenvalue weighted by atomic mass is 10.2. The Bertz CT molecular complexity index is 548. The number of hydrogen-bond acceptors (Lipinski definition) is 3. The molecule has 102 valence electrons. The van der Waals surface area contributed by atoms with E-state index in [0.29, 0.717) is 17.3 Å². The van der Waals surface area contributed by atoms with E-state index in [-0.39, 0.29) is 17.9 Å². The molecular formula is C15H19NO2S. The van der Waals surface area contributed by atoms with Gasteiger partial charge in [0.15, 0.2) is 0 Å². The van der Waals surface area contributed by atoms with Crippen molar-refractivity contribution in [1.29, 1.82) is 0 Å². The van der Waals surface area contributed by atoms with E-state index >= 15 is 0 Å². The minimum absolute atomic E-state index is 0.00103. The molecule has 1 atom stereocenters. The first-order chi connectivity index (χ1) is 8.94. The number of aryl methyl sites for hydroxylation is 1. The molecule has 0 saturated heterocycles. The monoisotopic (exact) mass is 277 g/mol. The van der Waals surface area contributed by atoms with Gasteiger partial charge in [0.2, 0.25) is 0 Å². The zero-order chi connectivity index (χ0) is 14.0. The number of hydrogen-bond donors (Lipinski definition) is 2.